The number of aromatic nitrogens is 2. The van der Waals surface area contributed by atoms with Crippen LogP contribution in [0.2, 0.25) is 5.02 Å². The Morgan fingerprint density at radius 1 is 1.44 bits per heavy atom. The molecule has 18 heavy (non-hydrogen) atoms. The molecule has 2 N–H and O–H groups in total. The zero-order valence-corrected chi connectivity index (χ0v) is 11.5. The molecular weight excluding hydrogens is 250 g/mol. The number of ether oxygens (including phenoxy) is 1. The van der Waals surface area contributed by atoms with Crippen LogP contribution in [0.1, 0.15) is 11.3 Å². The first kappa shape index (κ1) is 12.9. The summed E-state index contributed by atoms with van der Waals surface area (Å²) in [4.78, 5) is 0. The summed E-state index contributed by atoms with van der Waals surface area (Å²) in [5.41, 5.74) is 9.55. The van der Waals surface area contributed by atoms with Crippen molar-refractivity contribution in [2.45, 2.75) is 13.5 Å². The van der Waals surface area contributed by atoms with Crippen LogP contribution in [0.5, 0.6) is 5.75 Å². The minimum absolute atomic E-state index is 0.461. The highest BCUT2D eigenvalue weighted by atomic mass is 35.5. The molecule has 2 rings (SSSR count). The maximum absolute atomic E-state index is 6.26. The number of hydrogen-bond donors (Lipinski definition) is 1. The molecule has 96 valence electrons. The highest BCUT2D eigenvalue weighted by molar-refractivity contribution is 6.33. The fourth-order valence-corrected chi connectivity index (χ4v) is 2.28. The Morgan fingerprint density at radius 3 is 2.67 bits per heavy atom. The summed E-state index contributed by atoms with van der Waals surface area (Å²) in [6.07, 6.45) is 0. The number of rotatable bonds is 3. The summed E-state index contributed by atoms with van der Waals surface area (Å²) in [5, 5.41) is 5.10. The number of benzene rings is 1. The minimum atomic E-state index is 0.461. The predicted octanol–water partition coefficient (Wildman–Crippen LogP) is 2.52. The first-order valence-electron chi connectivity index (χ1n) is 5.65. The van der Waals surface area contributed by atoms with Gasteiger partial charge in [-0.15, -0.1) is 0 Å². The van der Waals surface area contributed by atoms with Crippen molar-refractivity contribution < 1.29 is 4.74 Å². The highest BCUT2D eigenvalue weighted by Gasteiger charge is 2.15. The fraction of sp³-hybridized carbons (Fsp3) is 0.308. The molecule has 0 spiro atoms. The average molecular weight is 266 g/mol. The van der Waals surface area contributed by atoms with E-state index < -0.39 is 0 Å². The van der Waals surface area contributed by atoms with Crippen LogP contribution in [0.3, 0.4) is 0 Å². The number of methoxy groups -OCH3 is 1. The fourth-order valence-electron chi connectivity index (χ4n) is 2.02. The molecule has 5 heteroatoms. The van der Waals surface area contributed by atoms with Gasteiger partial charge >= 0.3 is 0 Å². The van der Waals surface area contributed by atoms with Crippen molar-refractivity contribution in [2.24, 2.45) is 12.8 Å². The van der Waals surface area contributed by atoms with E-state index in [0.29, 0.717) is 11.6 Å². The summed E-state index contributed by atoms with van der Waals surface area (Å²) in [6, 6.07) is 5.57. The lowest BCUT2D eigenvalue weighted by Gasteiger charge is -2.05. The molecule has 1 heterocycles. The Kier molecular flexibility index (Phi) is 3.59. The van der Waals surface area contributed by atoms with Gasteiger partial charge in [-0.2, -0.15) is 5.10 Å². The second-order valence-electron chi connectivity index (χ2n) is 4.09. The second kappa shape index (κ2) is 5.00. The number of hydrogen-bond acceptors (Lipinski definition) is 3. The van der Waals surface area contributed by atoms with Crippen molar-refractivity contribution in [1.29, 1.82) is 0 Å². The Balaban J connectivity index is 2.55. The molecule has 0 saturated heterocycles. The topological polar surface area (TPSA) is 53.1 Å². The van der Waals surface area contributed by atoms with E-state index in [9.17, 15) is 0 Å². The van der Waals surface area contributed by atoms with Crippen molar-refractivity contribution in [3.8, 4) is 17.0 Å². The number of halogens is 1. The Hall–Kier alpha value is -1.52. The standard InChI is InChI=1S/C13H16ClN3O/c1-8-12(7-15)17(2)16-13(8)10-5-4-9(18-3)6-11(10)14/h4-6H,7,15H2,1-3H3. The zero-order chi connectivity index (χ0) is 13.3. The molecule has 0 unspecified atom stereocenters. The molecule has 0 aliphatic heterocycles. The van der Waals surface area contributed by atoms with Crippen LogP contribution in [-0.4, -0.2) is 16.9 Å². The van der Waals surface area contributed by atoms with Gasteiger partial charge in [0, 0.05) is 19.2 Å². The number of nitrogens with zero attached hydrogens (tertiary/aromatic N) is 2. The first-order valence-corrected chi connectivity index (χ1v) is 6.02. The zero-order valence-electron chi connectivity index (χ0n) is 10.7. The van der Waals surface area contributed by atoms with E-state index >= 15 is 0 Å². The summed E-state index contributed by atoms with van der Waals surface area (Å²) in [6.45, 7) is 2.47. The molecule has 0 aliphatic rings. The third kappa shape index (κ3) is 2.09. The normalized spacial score (nSPS) is 10.7. The van der Waals surface area contributed by atoms with Gasteiger partial charge in [0.25, 0.3) is 0 Å². The van der Waals surface area contributed by atoms with Crippen LogP contribution < -0.4 is 10.5 Å². The molecular formula is C13H16ClN3O. The molecule has 4 nitrogen and oxygen atoms in total. The summed E-state index contributed by atoms with van der Waals surface area (Å²) < 4.78 is 6.93. The van der Waals surface area contributed by atoms with Crippen LogP contribution in [0.15, 0.2) is 18.2 Å². The van der Waals surface area contributed by atoms with Crippen LogP contribution in [-0.2, 0) is 13.6 Å². The van der Waals surface area contributed by atoms with Gasteiger partial charge < -0.3 is 10.5 Å². The quantitative estimate of drug-likeness (QED) is 0.928. The van der Waals surface area contributed by atoms with Gasteiger partial charge in [0.2, 0.25) is 0 Å². The summed E-state index contributed by atoms with van der Waals surface area (Å²) in [7, 11) is 3.50. The molecule has 0 atom stereocenters. The lowest BCUT2D eigenvalue weighted by molar-refractivity contribution is 0.415. The largest absolute Gasteiger partial charge is 0.497 e. The van der Waals surface area contributed by atoms with Crippen molar-refractivity contribution in [2.75, 3.05) is 7.11 Å². The van der Waals surface area contributed by atoms with Crippen molar-refractivity contribution in [3.05, 3.63) is 34.5 Å². The molecule has 1 aromatic carbocycles. The SMILES string of the molecule is COc1ccc(-c2nn(C)c(CN)c2C)c(Cl)c1. The summed E-state index contributed by atoms with van der Waals surface area (Å²) in [5.74, 6) is 0.733. The van der Waals surface area contributed by atoms with Gasteiger partial charge in [0.15, 0.2) is 0 Å². The minimum Gasteiger partial charge on any atom is -0.497 e. The van der Waals surface area contributed by atoms with Gasteiger partial charge in [-0.3, -0.25) is 4.68 Å². The Labute approximate surface area is 111 Å². The lowest BCUT2D eigenvalue weighted by Crippen LogP contribution is -2.05. The van der Waals surface area contributed by atoms with Crippen molar-refractivity contribution in [3.63, 3.8) is 0 Å². The molecule has 0 saturated carbocycles. The molecule has 0 radical (unpaired) electrons. The van der Waals surface area contributed by atoms with Gasteiger partial charge in [-0.25, -0.2) is 0 Å². The van der Waals surface area contributed by atoms with E-state index in [0.717, 1.165) is 28.3 Å². The first-order chi connectivity index (χ1) is 8.58. The second-order valence-corrected chi connectivity index (χ2v) is 4.50. The highest BCUT2D eigenvalue weighted by Crippen LogP contribution is 2.33. The molecule has 2 aromatic rings. The van der Waals surface area contributed by atoms with E-state index in [1.165, 1.54) is 0 Å². The van der Waals surface area contributed by atoms with Crippen molar-refractivity contribution in [1.82, 2.24) is 9.78 Å². The van der Waals surface area contributed by atoms with E-state index in [1.54, 1.807) is 17.9 Å². The predicted molar refractivity (Wildman–Crippen MR) is 72.8 cm³/mol. The molecule has 0 amide bonds. The molecule has 0 fully saturated rings. The third-order valence-corrected chi connectivity index (χ3v) is 3.37. The Morgan fingerprint density at radius 2 is 2.17 bits per heavy atom. The van der Waals surface area contributed by atoms with Gasteiger partial charge in [-0.05, 0) is 30.7 Å². The molecule has 1 aromatic heterocycles. The smallest absolute Gasteiger partial charge is 0.120 e. The van der Waals surface area contributed by atoms with E-state index in [1.807, 2.05) is 26.1 Å². The lowest BCUT2D eigenvalue weighted by atomic mass is 10.1. The third-order valence-electron chi connectivity index (χ3n) is 3.05. The monoisotopic (exact) mass is 265 g/mol. The maximum Gasteiger partial charge on any atom is 0.120 e. The Bertz CT molecular complexity index is 578. The van der Waals surface area contributed by atoms with Crippen LogP contribution in [0, 0.1) is 6.92 Å². The molecule has 0 bridgehead atoms. The number of nitrogens with two attached hydrogens (primary N) is 1. The van der Waals surface area contributed by atoms with Crippen LogP contribution >= 0.6 is 11.6 Å². The van der Waals surface area contributed by atoms with E-state index in [2.05, 4.69) is 5.10 Å². The van der Waals surface area contributed by atoms with Crippen LogP contribution in [0.4, 0.5) is 0 Å². The van der Waals surface area contributed by atoms with Gasteiger partial charge in [-0.1, -0.05) is 11.6 Å². The molecule has 0 aliphatic carbocycles. The van der Waals surface area contributed by atoms with Crippen LogP contribution in [0.25, 0.3) is 11.3 Å². The maximum atomic E-state index is 6.26. The van der Waals surface area contributed by atoms with Gasteiger partial charge in [0.05, 0.1) is 23.5 Å². The van der Waals surface area contributed by atoms with Gasteiger partial charge in [0.1, 0.15) is 5.75 Å². The van der Waals surface area contributed by atoms with E-state index in [-0.39, 0.29) is 0 Å². The average Bonchev–Trinajstić information content (AvgIpc) is 2.64. The summed E-state index contributed by atoms with van der Waals surface area (Å²) >= 11 is 6.26. The van der Waals surface area contributed by atoms with Crippen molar-refractivity contribution >= 4 is 11.6 Å². The van der Waals surface area contributed by atoms with E-state index in [4.69, 9.17) is 22.1 Å². The number of aryl methyl sites for hydroxylation is 1.